The van der Waals surface area contributed by atoms with E-state index in [-0.39, 0.29) is 90.1 Å². The first kappa shape index (κ1) is 145. The highest BCUT2D eigenvalue weighted by Gasteiger charge is 2.39. The zero-order valence-electron chi connectivity index (χ0n) is 99.8. The topological polar surface area (TPSA) is 224 Å². The van der Waals surface area contributed by atoms with Crippen LogP contribution in [0.4, 0.5) is 0 Å². The van der Waals surface area contributed by atoms with Crippen molar-refractivity contribution in [2.75, 3.05) is 143 Å². The van der Waals surface area contributed by atoms with Gasteiger partial charge < -0.3 is 53.4 Å². The Kier molecular flexibility index (Phi) is 73.0. The molecular formula is C119H218N8O13. The van der Waals surface area contributed by atoms with Crippen molar-refractivity contribution < 1.29 is 62.2 Å². The molecule has 21 nitrogen and oxygen atoms in total. The van der Waals surface area contributed by atoms with E-state index in [1.165, 1.54) is 37.5 Å². The number of amides is 3. The Morgan fingerprint density at radius 3 is 0.864 bits per heavy atom. The SMILES string of the molecule is C/C=C/C(=O)OC(C)(C)C(C)(C)C.C=CC(=O)OC(C)(C)C(C)(C)C.C=CCN(CC(C)(C)C)C(=O)/C=C/CN(C)C.CC(C)(C)CCC(=O)C1=CCC1.CC(C)(C)CCC(=O)C1=CCCC1.CC(C)(C)CCC(=O)C1=CCCCC1.CCN(CC(C)(C)C)C(=O)/C=C/CN(C)C.CN(C)C/C=C/C(=O)C(C)(C)C.CN(C)C/C=C/C(=O)N(C)CC(C)(C)C.CN(C)C/C=C/C(=O)OC(C)(C)C(C)(C)C. The normalized spacial score (nSPS) is 14.0. The van der Waals surface area contributed by atoms with Gasteiger partial charge in [-0.2, -0.15) is 0 Å². The molecule has 3 aliphatic carbocycles. The Bertz CT molecular complexity index is 3890. The summed E-state index contributed by atoms with van der Waals surface area (Å²) < 4.78 is 16.0. The van der Waals surface area contributed by atoms with E-state index in [0.717, 1.165) is 153 Å². The van der Waals surface area contributed by atoms with Gasteiger partial charge in [-0.05, 0) is 258 Å². The third-order valence-electron chi connectivity index (χ3n) is 22.6. The smallest absolute Gasteiger partial charge is 0.331 e. The third-order valence-corrected chi connectivity index (χ3v) is 22.6. The number of esters is 3. The van der Waals surface area contributed by atoms with Crippen LogP contribution in [-0.4, -0.2) is 258 Å². The van der Waals surface area contributed by atoms with E-state index >= 15 is 0 Å². The number of ether oxygens (including phenoxy) is 3. The molecule has 0 saturated carbocycles. The minimum atomic E-state index is -0.466. The Morgan fingerprint density at radius 1 is 0.321 bits per heavy atom. The minimum Gasteiger partial charge on any atom is -0.456 e. The summed E-state index contributed by atoms with van der Waals surface area (Å²) in [5.41, 5.74) is 2.73. The van der Waals surface area contributed by atoms with E-state index in [4.69, 9.17) is 14.2 Å². The Labute approximate surface area is 861 Å². The van der Waals surface area contributed by atoms with Gasteiger partial charge in [0.2, 0.25) is 17.7 Å². The number of hydrogen-bond acceptors (Lipinski definition) is 18. The Morgan fingerprint density at radius 2 is 0.607 bits per heavy atom. The third kappa shape index (κ3) is 87.1. The predicted octanol–water partition coefficient (Wildman–Crippen LogP) is 25.9. The molecular weight excluding hydrogens is 1750 g/mol. The van der Waals surface area contributed by atoms with Gasteiger partial charge in [-0.1, -0.05) is 275 Å². The molecule has 140 heavy (non-hydrogen) atoms. The highest BCUT2D eigenvalue weighted by atomic mass is 16.6. The molecule has 3 amide bonds. The van der Waals surface area contributed by atoms with Gasteiger partial charge in [-0.15, -0.1) is 6.58 Å². The van der Waals surface area contributed by atoms with E-state index < -0.39 is 16.8 Å². The van der Waals surface area contributed by atoms with Gasteiger partial charge in [-0.25, -0.2) is 14.4 Å². The monoisotopic (exact) mass is 1970 g/mol. The van der Waals surface area contributed by atoms with Crippen LogP contribution in [0.1, 0.15) is 359 Å². The first-order valence-electron chi connectivity index (χ1n) is 51.2. The number of carbonyl (C=O) groups excluding carboxylic acids is 10. The van der Waals surface area contributed by atoms with Crippen LogP contribution in [0.2, 0.25) is 0 Å². The number of likely N-dealkylation sites (N-methyl/N-ethyl adjacent to an activating group) is 7. The molecule has 3 aliphatic rings. The first-order chi connectivity index (χ1) is 63.0. The molecule has 3 rings (SSSR count). The number of rotatable bonds is 35. The minimum absolute atomic E-state index is 0.0513. The van der Waals surface area contributed by atoms with Gasteiger partial charge in [0.05, 0.1) is 0 Å². The van der Waals surface area contributed by atoms with Gasteiger partial charge >= 0.3 is 17.9 Å². The highest BCUT2D eigenvalue weighted by Crippen LogP contribution is 2.36. The van der Waals surface area contributed by atoms with Gasteiger partial charge in [0, 0.05) is 150 Å². The Balaban J connectivity index is -0.000000281. The maximum Gasteiger partial charge on any atom is 0.331 e. The zero-order chi connectivity index (χ0) is 111. The van der Waals surface area contributed by atoms with E-state index in [2.05, 4.69) is 198 Å². The molecule has 0 atom stereocenters. The van der Waals surface area contributed by atoms with E-state index in [0.29, 0.717) is 29.3 Å². The number of hydrogen-bond donors (Lipinski definition) is 0. The molecule has 21 heteroatoms. The number of carbonyl (C=O) groups is 10. The van der Waals surface area contributed by atoms with Crippen molar-refractivity contribution in [3.05, 3.63) is 133 Å². The lowest BCUT2D eigenvalue weighted by molar-refractivity contribution is -0.161. The first-order valence-corrected chi connectivity index (χ1v) is 51.2. The molecule has 0 unspecified atom stereocenters. The van der Waals surface area contributed by atoms with Crippen LogP contribution >= 0.6 is 0 Å². The van der Waals surface area contributed by atoms with Gasteiger partial charge in [-0.3, -0.25) is 33.6 Å². The van der Waals surface area contributed by atoms with Crippen molar-refractivity contribution in [3.63, 3.8) is 0 Å². The van der Waals surface area contributed by atoms with Crippen LogP contribution in [0.15, 0.2) is 133 Å². The molecule has 0 bridgehead atoms. The lowest BCUT2D eigenvalue weighted by Crippen LogP contribution is -2.40. The second-order valence-electron chi connectivity index (χ2n) is 51.2. The maximum atomic E-state index is 12.0. The van der Waals surface area contributed by atoms with Crippen LogP contribution < -0.4 is 0 Å². The van der Waals surface area contributed by atoms with E-state index in [1.807, 2.05) is 226 Å². The summed E-state index contributed by atoms with van der Waals surface area (Å²) >= 11 is 0. The lowest BCUT2D eigenvalue weighted by Gasteiger charge is -2.37. The van der Waals surface area contributed by atoms with Crippen LogP contribution in [0, 0.1) is 54.1 Å². The average Bonchev–Trinajstić information content (AvgIpc) is 0.982. The largest absolute Gasteiger partial charge is 0.456 e. The van der Waals surface area contributed by atoms with Gasteiger partial charge in [0.1, 0.15) is 16.8 Å². The molecule has 812 valence electrons. The number of Topliss-reactive ketones (excluding diaryl/α,β-unsaturated/α-hetero) is 3. The fourth-order valence-corrected chi connectivity index (χ4v) is 11.0. The molecule has 0 fully saturated rings. The van der Waals surface area contributed by atoms with Crippen LogP contribution in [0.3, 0.4) is 0 Å². The standard InChI is InChI=1S/C14H26N2O.C13H26N2O.C13H25NO2.C13H22O.C12H24N2O.C12H20O.C11H20O2.C11H18O.C10H19NO.C10H18O2/c1-7-10-16(12-14(2,3)4)13(17)9-8-11-15(5)6;1-7-15(11-13(2,3)4)12(16)9-8-10-14(5)6;1-12(2,3)13(4,5)16-11(15)9-8-10-14(6)7;1-13(2,3)10-9-12(14)11-7-5-4-6-8-11;1-12(2,3)10-14(6)11(15)8-7-9-13(4)5;1-12(2,3)9-8-11(13)10-6-4-5-7-10;1-7-8-9(12)13-11(5,6)10(2,3)4;1-11(2,3)8-7-10(12)9-5-4-6-9;1-10(2,3)9(12)7-6-8-11(4)5;1-7-8(11)12-10(5,6)9(2,3)4/h7-9H,1,10-12H2,2-6H3;8-9H,7,10-11H2,1-6H3;8-9H,10H2,1-7H3;7H,4-6,8-10H2,1-3H3;7-8H,9-10H2,1-6H3;6H,4-5,7-9H2,1-3H3;7-8H,1-6H3;5H,4,6-8H2,1-3H3;6-7H,8H2,1-5H3;7H,1H2,2-6H3/b3*9-8+;;8-7+;;8-7+;;7-6+;. The van der Waals surface area contributed by atoms with Crippen molar-refractivity contribution in [3.8, 4) is 0 Å². The quantitative estimate of drug-likeness (QED) is 0.0249. The molecule has 0 aromatic carbocycles. The van der Waals surface area contributed by atoms with Crippen molar-refractivity contribution >= 4 is 58.8 Å². The molecule has 0 saturated heterocycles. The van der Waals surface area contributed by atoms with Gasteiger partial charge in [0.25, 0.3) is 0 Å². The lowest BCUT2D eigenvalue weighted by atomic mass is 9.79. The van der Waals surface area contributed by atoms with Crippen LogP contribution in [-0.2, 0) is 62.2 Å². The molecule has 0 aromatic rings. The van der Waals surface area contributed by atoms with Crippen molar-refractivity contribution in [1.29, 1.82) is 0 Å². The summed E-state index contributed by atoms with van der Waals surface area (Å²) in [4.78, 5) is 131. The summed E-state index contributed by atoms with van der Waals surface area (Å²) in [7, 11) is 21.6. The van der Waals surface area contributed by atoms with Gasteiger partial charge in [0.15, 0.2) is 23.1 Å². The summed E-state index contributed by atoms with van der Waals surface area (Å²) in [5.74, 6) is 0.652. The van der Waals surface area contributed by atoms with Crippen molar-refractivity contribution in [2.24, 2.45) is 54.1 Å². The average molecular weight is 1970 g/mol. The number of ketones is 4. The van der Waals surface area contributed by atoms with Crippen LogP contribution in [0.25, 0.3) is 0 Å². The molecule has 0 radical (unpaired) electrons. The fourth-order valence-electron chi connectivity index (χ4n) is 11.0. The molecule has 0 N–H and O–H groups in total. The fraction of sp³-hybridized carbons (Fsp3) is 0.731. The summed E-state index contributed by atoms with van der Waals surface area (Å²) in [5, 5.41) is 0. The second-order valence-corrected chi connectivity index (χ2v) is 51.2. The molecule has 0 spiro atoms. The molecule has 0 heterocycles. The maximum absolute atomic E-state index is 12.0. The zero-order valence-corrected chi connectivity index (χ0v) is 99.8. The summed E-state index contributed by atoms with van der Waals surface area (Å²) in [6.07, 6.45) is 45.1. The van der Waals surface area contributed by atoms with Crippen molar-refractivity contribution in [2.45, 2.75) is 376 Å². The summed E-state index contributed by atoms with van der Waals surface area (Å²) in [6, 6.07) is 0. The van der Waals surface area contributed by atoms with E-state index in [9.17, 15) is 47.9 Å². The number of nitrogens with zero attached hydrogens (tertiary/aromatic N) is 8. The van der Waals surface area contributed by atoms with Crippen LogP contribution in [0.5, 0.6) is 0 Å². The molecule has 0 aromatic heterocycles. The number of allylic oxidation sites excluding steroid dienone is 8. The molecule has 0 aliphatic heterocycles. The Hall–Kier alpha value is -7.56. The van der Waals surface area contributed by atoms with E-state index in [1.54, 1.807) is 54.4 Å². The predicted molar refractivity (Wildman–Crippen MR) is 599 cm³/mol. The second kappa shape index (κ2) is 70.2. The highest BCUT2D eigenvalue weighted by molar-refractivity contribution is 5.97. The van der Waals surface area contributed by atoms with Crippen molar-refractivity contribution in [1.82, 2.24) is 39.2 Å². The summed E-state index contributed by atoms with van der Waals surface area (Å²) in [6.45, 7) is 93.0.